The molecule has 6 heteroatoms. The van der Waals surface area contributed by atoms with Crippen LogP contribution in [-0.2, 0) is 0 Å². The molecule has 0 aliphatic heterocycles. The summed E-state index contributed by atoms with van der Waals surface area (Å²) in [5.41, 5.74) is 1.07. The summed E-state index contributed by atoms with van der Waals surface area (Å²) >= 11 is 0. The molecule has 0 bridgehead atoms. The van der Waals surface area contributed by atoms with Crippen molar-refractivity contribution in [2.75, 3.05) is 17.2 Å². The summed E-state index contributed by atoms with van der Waals surface area (Å²) in [6.45, 7) is 2.94. The van der Waals surface area contributed by atoms with E-state index in [4.69, 9.17) is 5.26 Å². The fourth-order valence-electron chi connectivity index (χ4n) is 1.82. The van der Waals surface area contributed by atoms with Crippen molar-refractivity contribution in [1.29, 1.82) is 5.26 Å². The molecule has 1 heterocycles. The molecular formula is C16H17N5O. The molecule has 22 heavy (non-hydrogen) atoms. The molecule has 2 aromatic rings. The van der Waals surface area contributed by atoms with Gasteiger partial charge in [0.05, 0.1) is 11.3 Å². The summed E-state index contributed by atoms with van der Waals surface area (Å²) in [7, 11) is 0. The number of carbonyl (C=O) groups is 1. The summed E-state index contributed by atoms with van der Waals surface area (Å²) in [4.78, 5) is 12.1. The van der Waals surface area contributed by atoms with Crippen LogP contribution in [0.2, 0.25) is 0 Å². The van der Waals surface area contributed by atoms with E-state index in [0.29, 0.717) is 17.1 Å². The van der Waals surface area contributed by atoms with E-state index in [0.717, 1.165) is 19.4 Å². The molecule has 1 aromatic carbocycles. The van der Waals surface area contributed by atoms with Gasteiger partial charge < -0.3 is 10.6 Å². The van der Waals surface area contributed by atoms with Gasteiger partial charge in [-0.25, -0.2) is 0 Å². The molecule has 1 amide bonds. The molecule has 0 radical (unpaired) electrons. The number of benzene rings is 1. The fraction of sp³-hybridized carbons (Fsp3) is 0.250. The van der Waals surface area contributed by atoms with E-state index >= 15 is 0 Å². The van der Waals surface area contributed by atoms with E-state index in [9.17, 15) is 4.79 Å². The van der Waals surface area contributed by atoms with Gasteiger partial charge in [-0.05, 0) is 30.7 Å². The Morgan fingerprint density at radius 3 is 2.73 bits per heavy atom. The highest BCUT2D eigenvalue weighted by atomic mass is 16.1. The number of aromatic nitrogens is 2. The number of unbranched alkanes of at least 4 members (excludes halogenated alkanes) is 1. The zero-order chi connectivity index (χ0) is 15.8. The van der Waals surface area contributed by atoms with Crippen molar-refractivity contribution < 1.29 is 4.79 Å². The minimum Gasteiger partial charge on any atom is -0.369 e. The van der Waals surface area contributed by atoms with Crippen LogP contribution in [0.3, 0.4) is 0 Å². The van der Waals surface area contributed by atoms with Crippen molar-refractivity contribution in [3.63, 3.8) is 0 Å². The van der Waals surface area contributed by atoms with Crippen LogP contribution in [0.15, 0.2) is 36.4 Å². The van der Waals surface area contributed by atoms with Crippen LogP contribution in [0.5, 0.6) is 0 Å². The number of amides is 1. The highest BCUT2D eigenvalue weighted by molar-refractivity contribution is 6.03. The second-order valence-corrected chi connectivity index (χ2v) is 4.70. The van der Waals surface area contributed by atoms with Gasteiger partial charge in [0, 0.05) is 6.54 Å². The minimum atomic E-state index is -0.393. The lowest BCUT2D eigenvalue weighted by Gasteiger charge is -2.07. The summed E-state index contributed by atoms with van der Waals surface area (Å²) in [6, 6.07) is 12.2. The Balaban J connectivity index is 2.02. The SMILES string of the molecule is CCCCNc1ccc(C(=O)Nc2ccccc2C#N)nn1. The minimum absolute atomic E-state index is 0.203. The molecule has 0 spiro atoms. The summed E-state index contributed by atoms with van der Waals surface area (Å²) < 4.78 is 0. The summed E-state index contributed by atoms with van der Waals surface area (Å²) in [5, 5.41) is 22.7. The Morgan fingerprint density at radius 2 is 2.05 bits per heavy atom. The van der Waals surface area contributed by atoms with Gasteiger partial charge in [-0.15, -0.1) is 10.2 Å². The molecular weight excluding hydrogens is 278 g/mol. The maximum absolute atomic E-state index is 12.1. The molecule has 0 saturated heterocycles. The number of para-hydroxylation sites is 1. The van der Waals surface area contributed by atoms with Crippen molar-refractivity contribution in [2.24, 2.45) is 0 Å². The molecule has 6 nitrogen and oxygen atoms in total. The maximum atomic E-state index is 12.1. The Hall–Kier alpha value is -2.94. The van der Waals surface area contributed by atoms with Gasteiger partial charge in [-0.2, -0.15) is 5.26 Å². The highest BCUT2D eigenvalue weighted by Crippen LogP contribution is 2.14. The lowest BCUT2D eigenvalue weighted by atomic mass is 10.2. The third-order valence-corrected chi connectivity index (χ3v) is 3.03. The average molecular weight is 295 g/mol. The van der Waals surface area contributed by atoms with E-state index in [1.165, 1.54) is 0 Å². The van der Waals surface area contributed by atoms with E-state index in [2.05, 4.69) is 27.8 Å². The molecule has 0 unspecified atom stereocenters. The van der Waals surface area contributed by atoms with Crippen LogP contribution < -0.4 is 10.6 Å². The van der Waals surface area contributed by atoms with E-state index in [-0.39, 0.29) is 5.69 Å². The predicted molar refractivity (Wildman–Crippen MR) is 84.5 cm³/mol. The van der Waals surface area contributed by atoms with Crippen LogP contribution in [-0.4, -0.2) is 22.6 Å². The van der Waals surface area contributed by atoms with Crippen molar-refractivity contribution in [3.8, 4) is 6.07 Å². The smallest absolute Gasteiger partial charge is 0.276 e. The molecule has 1 aromatic heterocycles. The van der Waals surface area contributed by atoms with E-state index in [1.807, 2.05) is 6.07 Å². The largest absolute Gasteiger partial charge is 0.369 e. The number of nitrogens with one attached hydrogen (secondary N) is 2. The van der Waals surface area contributed by atoms with Crippen LogP contribution in [0, 0.1) is 11.3 Å². The highest BCUT2D eigenvalue weighted by Gasteiger charge is 2.10. The van der Waals surface area contributed by atoms with Crippen molar-refractivity contribution in [1.82, 2.24) is 10.2 Å². The third-order valence-electron chi connectivity index (χ3n) is 3.03. The van der Waals surface area contributed by atoms with Crippen molar-refractivity contribution in [2.45, 2.75) is 19.8 Å². The number of anilines is 2. The van der Waals surface area contributed by atoms with Gasteiger partial charge in [-0.1, -0.05) is 25.5 Å². The number of nitrogens with zero attached hydrogens (tertiary/aromatic N) is 3. The Labute approximate surface area is 129 Å². The topological polar surface area (TPSA) is 90.7 Å². The van der Waals surface area contributed by atoms with Gasteiger partial charge in [0.15, 0.2) is 5.69 Å². The van der Waals surface area contributed by atoms with E-state index < -0.39 is 5.91 Å². The fourth-order valence-corrected chi connectivity index (χ4v) is 1.82. The van der Waals surface area contributed by atoms with Crippen molar-refractivity contribution >= 4 is 17.4 Å². The molecule has 0 fully saturated rings. The third kappa shape index (κ3) is 4.03. The average Bonchev–Trinajstić information content (AvgIpc) is 2.56. The molecule has 0 atom stereocenters. The second-order valence-electron chi connectivity index (χ2n) is 4.70. The zero-order valence-corrected chi connectivity index (χ0v) is 12.3. The number of rotatable bonds is 6. The molecule has 2 rings (SSSR count). The first-order valence-corrected chi connectivity index (χ1v) is 7.12. The Kier molecular flexibility index (Phi) is 5.44. The van der Waals surface area contributed by atoms with Gasteiger partial charge in [-0.3, -0.25) is 4.79 Å². The number of nitriles is 1. The molecule has 2 N–H and O–H groups in total. The number of hydrogen-bond donors (Lipinski definition) is 2. The summed E-state index contributed by atoms with van der Waals surface area (Å²) in [5.74, 6) is 0.248. The monoisotopic (exact) mass is 295 g/mol. The van der Waals surface area contributed by atoms with Gasteiger partial charge in [0.1, 0.15) is 11.9 Å². The zero-order valence-electron chi connectivity index (χ0n) is 12.3. The first kappa shape index (κ1) is 15.4. The number of hydrogen-bond acceptors (Lipinski definition) is 5. The molecule has 0 saturated carbocycles. The van der Waals surface area contributed by atoms with Crippen molar-refractivity contribution in [3.05, 3.63) is 47.7 Å². The Morgan fingerprint density at radius 1 is 1.23 bits per heavy atom. The first-order chi connectivity index (χ1) is 10.7. The van der Waals surface area contributed by atoms with Gasteiger partial charge in [0.25, 0.3) is 5.91 Å². The van der Waals surface area contributed by atoms with Gasteiger partial charge >= 0.3 is 0 Å². The standard InChI is InChI=1S/C16H17N5O/c1-2-3-10-18-15-9-8-14(20-21-15)16(22)19-13-7-5-4-6-12(13)11-17/h4-9H,2-3,10H2,1H3,(H,18,21)(H,19,22). The molecule has 0 aliphatic rings. The van der Waals surface area contributed by atoms with Gasteiger partial charge in [0.2, 0.25) is 0 Å². The maximum Gasteiger partial charge on any atom is 0.276 e. The quantitative estimate of drug-likeness (QED) is 0.800. The second kappa shape index (κ2) is 7.74. The molecule has 112 valence electrons. The molecule has 0 aliphatic carbocycles. The Bertz CT molecular complexity index is 676. The van der Waals surface area contributed by atoms with Crippen LogP contribution >= 0.6 is 0 Å². The lowest BCUT2D eigenvalue weighted by molar-refractivity contribution is 0.102. The lowest BCUT2D eigenvalue weighted by Crippen LogP contribution is -2.15. The van der Waals surface area contributed by atoms with E-state index in [1.54, 1.807) is 36.4 Å². The number of carbonyl (C=O) groups excluding carboxylic acids is 1. The summed E-state index contributed by atoms with van der Waals surface area (Å²) in [6.07, 6.45) is 2.15. The first-order valence-electron chi connectivity index (χ1n) is 7.12. The predicted octanol–water partition coefficient (Wildman–Crippen LogP) is 2.81. The van der Waals surface area contributed by atoms with Crippen LogP contribution in [0.25, 0.3) is 0 Å². The normalized spacial score (nSPS) is 9.82. The van der Waals surface area contributed by atoms with Crippen LogP contribution in [0.1, 0.15) is 35.8 Å². The van der Waals surface area contributed by atoms with Crippen LogP contribution in [0.4, 0.5) is 11.5 Å².